The summed E-state index contributed by atoms with van der Waals surface area (Å²) in [7, 11) is 0. The van der Waals surface area contributed by atoms with E-state index in [0.717, 1.165) is 11.3 Å². The number of aryl methyl sites for hydroxylation is 1. The monoisotopic (exact) mass is 358 g/mol. The number of anilines is 2. The molecule has 3 aromatic rings. The van der Waals surface area contributed by atoms with Gasteiger partial charge in [-0.1, -0.05) is 54.6 Å². The molecule has 0 bridgehead atoms. The molecule has 0 unspecified atom stereocenters. The van der Waals surface area contributed by atoms with E-state index < -0.39 is 0 Å². The van der Waals surface area contributed by atoms with Crippen LogP contribution < -0.4 is 10.2 Å². The quantitative estimate of drug-likeness (QED) is 0.648. The molecule has 0 saturated heterocycles. The van der Waals surface area contributed by atoms with Crippen molar-refractivity contribution in [1.29, 1.82) is 0 Å². The number of carbonyl (C=O) groups is 1. The molecule has 1 amide bonds. The fourth-order valence-corrected chi connectivity index (χ4v) is 2.74. The van der Waals surface area contributed by atoms with Crippen molar-refractivity contribution in [1.82, 2.24) is 15.3 Å². The van der Waals surface area contributed by atoms with Gasteiger partial charge in [-0.15, -0.1) is 6.58 Å². The Kier molecular flexibility index (Phi) is 5.94. The predicted octanol–water partition coefficient (Wildman–Crippen LogP) is 4.04. The van der Waals surface area contributed by atoms with Crippen LogP contribution in [0, 0.1) is 6.92 Å². The molecule has 1 aromatic heterocycles. The van der Waals surface area contributed by atoms with Crippen LogP contribution in [0.4, 0.5) is 11.5 Å². The van der Waals surface area contributed by atoms with Crippen molar-refractivity contribution in [3.63, 3.8) is 0 Å². The van der Waals surface area contributed by atoms with Crippen LogP contribution in [-0.4, -0.2) is 22.4 Å². The van der Waals surface area contributed by atoms with Gasteiger partial charge in [0.2, 0.25) is 0 Å². The van der Waals surface area contributed by atoms with Gasteiger partial charge in [0, 0.05) is 24.8 Å². The summed E-state index contributed by atoms with van der Waals surface area (Å²) in [5.74, 6) is 0.987. The lowest BCUT2D eigenvalue weighted by Gasteiger charge is -2.24. The maximum absolute atomic E-state index is 12.4. The minimum atomic E-state index is -0.241. The van der Waals surface area contributed by atoms with Crippen LogP contribution in [0.15, 0.2) is 79.4 Å². The number of carbonyl (C=O) groups excluding carboxylic acids is 1. The van der Waals surface area contributed by atoms with Gasteiger partial charge in [-0.05, 0) is 24.6 Å². The van der Waals surface area contributed by atoms with Crippen molar-refractivity contribution in [3.05, 3.63) is 96.5 Å². The zero-order chi connectivity index (χ0) is 19.1. The Balaban J connectivity index is 2.00. The van der Waals surface area contributed by atoms with E-state index in [0.29, 0.717) is 30.4 Å². The summed E-state index contributed by atoms with van der Waals surface area (Å²) in [6, 6.07) is 21.9. The van der Waals surface area contributed by atoms with Crippen LogP contribution in [0.2, 0.25) is 0 Å². The third-order valence-corrected chi connectivity index (χ3v) is 3.99. The molecule has 2 aromatic carbocycles. The number of aromatic nitrogens is 2. The van der Waals surface area contributed by atoms with E-state index in [1.165, 1.54) is 0 Å². The molecule has 5 nitrogen and oxygen atoms in total. The molecule has 5 heteroatoms. The average molecular weight is 358 g/mol. The second kappa shape index (κ2) is 8.76. The molecule has 0 aliphatic rings. The number of hydrogen-bond acceptors (Lipinski definition) is 4. The highest BCUT2D eigenvalue weighted by Crippen LogP contribution is 2.26. The van der Waals surface area contributed by atoms with Gasteiger partial charge in [0.25, 0.3) is 5.91 Å². The Morgan fingerprint density at radius 2 is 1.74 bits per heavy atom. The maximum atomic E-state index is 12.4. The molecule has 0 aliphatic carbocycles. The highest BCUT2D eigenvalue weighted by molar-refractivity contribution is 5.93. The Morgan fingerprint density at radius 3 is 2.41 bits per heavy atom. The summed E-state index contributed by atoms with van der Waals surface area (Å²) in [5.41, 5.74) is 2.49. The third-order valence-electron chi connectivity index (χ3n) is 3.99. The van der Waals surface area contributed by atoms with Gasteiger partial charge in [0.1, 0.15) is 17.3 Å². The smallest absolute Gasteiger partial charge is 0.270 e. The van der Waals surface area contributed by atoms with Gasteiger partial charge in [-0.25, -0.2) is 9.97 Å². The topological polar surface area (TPSA) is 58.1 Å². The first-order valence-corrected chi connectivity index (χ1v) is 8.78. The zero-order valence-corrected chi connectivity index (χ0v) is 15.3. The van der Waals surface area contributed by atoms with E-state index in [-0.39, 0.29) is 5.91 Å². The fraction of sp³-hybridized carbons (Fsp3) is 0.136. The van der Waals surface area contributed by atoms with Gasteiger partial charge >= 0.3 is 0 Å². The van der Waals surface area contributed by atoms with E-state index in [1.807, 2.05) is 48.5 Å². The number of benzene rings is 2. The number of hydrogen-bond donors (Lipinski definition) is 1. The second-order valence-corrected chi connectivity index (χ2v) is 6.06. The Morgan fingerprint density at radius 1 is 1.07 bits per heavy atom. The SMILES string of the molecule is C=CCNC(=O)c1cc(N(Cc2ccccc2)c2ccccc2)nc(C)n1. The zero-order valence-electron chi connectivity index (χ0n) is 15.3. The Hall–Kier alpha value is -3.47. The molecule has 3 rings (SSSR count). The van der Waals surface area contributed by atoms with Crippen LogP contribution >= 0.6 is 0 Å². The molecule has 27 heavy (non-hydrogen) atoms. The van der Waals surface area contributed by atoms with Crippen LogP contribution in [0.5, 0.6) is 0 Å². The standard InChI is InChI=1S/C22H22N4O/c1-3-14-23-22(27)20-15-21(25-17(2)24-20)26(19-12-8-5-9-13-19)16-18-10-6-4-7-11-18/h3-13,15H,1,14,16H2,2H3,(H,23,27). The fourth-order valence-electron chi connectivity index (χ4n) is 2.74. The van der Waals surface area contributed by atoms with Gasteiger partial charge in [-0.3, -0.25) is 4.79 Å². The van der Waals surface area contributed by atoms with E-state index in [1.54, 1.807) is 19.1 Å². The molecule has 1 heterocycles. The van der Waals surface area contributed by atoms with Crippen LogP contribution in [0.3, 0.4) is 0 Å². The van der Waals surface area contributed by atoms with Gasteiger partial charge in [-0.2, -0.15) is 0 Å². The first kappa shape index (κ1) is 18.3. The van der Waals surface area contributed by atoms with Crippen molar-refractivity contribution >= 4 is 17.4 Å². The molecule has 1 N–H and O–H groups in total. The average Bonchev–Trinajstić information content (AvgIpc) is 2.71. The summed E-state index contributed by atoms with van der Waals surface area (Å²) < 4.78 is 0. The summed E-state index contributed by atoms with van der Waals surface area (Å²) in [4.78, 5) is 23.3. The summed E-state index contributed by atoms with van der Waals surface area (Å²) in [6.45, 7) is 6.44. The molecule has 0 spiro atoms. The van der Waals surface area contributed by atoms with Gasteiger partial charge in [0.15, 0.2) is 0 Å². The second-order valence-electron chi connectivity index (χ2n) is 6.06. The van der Waals surface area contributed by atoms with E-state index in [2.05, 4.69) is 38.9 Å². The van der Waals surface area contributed by atoms with E-state index >= 15 is 0 Å². The van der Waals surface area contributed by atoms with Crippen LogP contribution in [0.1, 0.15) is 21.9 Å². The lowest BCUT2D eigenvalue weighted by Crippen LogP contribution is -2.26. The molecule has 0 saturated carbocycles. The van der Waals surface area contributed by atoms with Crippen molar-refractivity contribution in [2.45, 2.75) is 13.5 Å². The lowest BCUT2D eigenvalue weighted by molar-refractivity contribution is 0.0952. The molecular weight excluding hydrogens is 336 g/mol. The van der Waals surface area contributed by atoms with Crippen molar-refractivity contribution in [3.8, 4) is 0 Å². The highest BCUT2D eigenvalue weighted by atomic mass is 16.1. The molecule has 0 radical (unpaired) electrons. The number of para-hydroxylation sites is 1. The van der Waals surface area contributed by atoms with Crippen LogP contribution in [0.25, 0.3) is 0 Å². The van der Waals surface area contributed by atoms with Crippen molar-refractivity contribution in [2.75, 3.05) is 11.4 Å². The van der Waals surface area contributed by atoms with Crippen molar-refractivity contribution in [2.24, 2.45) is 0 Å². The molecule has 0 aliphatic heterocycles. The molecule has 0 fully saturated rings. The normalized spacial score (nSPS) is 10.3. The lowest BCUT2D eigenvalue weighted by atomic mass is 10.2. The largest absolute Gasteiger partial charge is 0.347 e. The number of rotatable bonds is 7. The molecule has 136 valence electrons. The predicted molar refractivity (Wildman–Crippen MR) is 108 cm³/mol. The minimum absolute atomic E-state index is 0.241. The van der Waals surface area contributed by atoms with Crippen molar-refractivity contribution < 1.29 is 4.79 Å². The van der Waals surface area contributed by atoms with E-state index in [9.17, 15) is 4.79 Å². The number of nitrogens with one attached hydrogen (secondary N) is 1. The van der Waals surface area contributed by atoms with Crippen LogP contribution in [-0.2, 0) is 6.54 Å². The summed E-state index contributed by atoms with van der Waals surface area (Å²) in [5, 5.41) is 2.77. The highest BCUT2D eigenvalue weighted by Gasteiger charge is 2.16. The number of nitrogens with zero attached hydrogens (tertiary/aromatic N) is 3. The summed E-state index contributed by atoms with van der Waals surface area (Å²) >= 11 is 0. The molecular formula is C22H22N4O. The van der Waals surface area contributed by atoms with Gasteiger partial charge < -0.3 is 10.2 Å². The minimum Gasteiger partial charge on any atom is -0.347 e. The molecule has 0 atom stereocenters. The third kappa shape index (κ3) is 4.79. The first-order valence-electron chi connectivity index (χ1n) is 8.78. The number of amides is 1. The summed E-state index contributed by atoms with van der Waals surface area (Å²) in [6.07, 6.45) is 1.64. The maximum Gasteiger partial charge on any atom is 0.270 e. The van der Waals surface area contributed by atoms with Gasteiger partial charge in [0.05, 0.1) is 0 Å². The Labute approximate surface area is 159 Å². The first-order chi connectivity index (χ1) is 13.2. The Bertz CT molecular complexity index is 910. The van der Waals surface area contributed by atoms with E-state index in [4.69, 9.17) is 0 Å².